The summed E-state index contributed by atoms with van der Waals surface area (Å²) in [5.41, 5.74) is 2.61. The molecule has 0 bridgehead atoms. The minimum Gasteiger partial charge on any atom is -0.348 e. The molecule has 2 N–H and O–H groups in total. The summed E-state index contributed by atoms with van der Waals surface area (Å²) in [5, 5.41) is 14.3. The van der Waals surface area contributed by atoms with Crippen LogP contribution in [0.4, 0.5) is 5.69 Å². The molecular formula is C21H16N4O2. The van der Waals surface area contributed by atoms with Crippen molar-refractivity contribution >= 4 is 17.5 Å². The van der Waals surface area contributed by atoms with Gasteiger partial charge in [0.15, 0.2) is 0 Å². The van der Waals surface area contributed by atoms with Crippen LogP contribution in [0.5, 0.6) is 0 Å². The lowest BCUT2D eigenvalue weighted by Crippen LogP contribution is -2.23. The van der Waals surface area contributed by atoms with E-state index < -0.39 is 0 Å². The average Bonchev–Trinajstić information content (AvgIpc) is 2.73. The molecular weight excluding hydrogens is 340 g/mol. The Kier molecular flexibility index (Phi) is 5.55. The lowest BCUT2D eigenvalue weighted by atomic mass is 10.1. The monoisotopic (exact) mass is 356 g/mol. The molecule has 0 saturated carbocycles. The van der Waals surface area contributed by atoms with E-state index in [1.807, 2.05) is 36.4 Å². The van der Waals surface area contributed by atoms with Gasteiger partial charge in [0.1, 0.15) is 0 Å². The van der Waals surface area contributed by atoms with Gasteiger partial charge >= 0.3 is 0 Å². The molecule has 0 aliphatic heterocycles. The first kappa shape index (κ1) is 17.8. The SMILES string of the molecule is N#Cc1ccc(NC(=O)c2cncc(C(=O)NCc3ccccc3)c2)cc1. The van der Waals surface area contributed by atoms with Gasteiger partial charge in [0.25, 0.3) is 11.8 Å². The van der Waals surface area contributed by atoms with Gasteiger partial charge in [-0.1, -0.05) is 30.3 Å². The molecule has 2 amide bonds. The Morgan fingerprint density at radius 2 is 1.59 bits per heavy atom. The highest BCUT2D eigenvalue weighted by molar-refractivity contribution is 6.05. The molecule has 6 heteroatoms. The first-order valence-corrected chi connectivity index (χ1v) is 8.24. The summed E-state index contributed by atoms with van der Waals surface area (Å²) in [4.78, 5) is 28.7. The largest absolute Gasteiger partial charge is 0.348 e. The Labute approximate surface area is 156 Å². The normalized spacial score (nSPS) is 9.89. The molecule has 3 aromatic rings. The minimum absolute atomic E-state index is 0.270. The van der Waals surface area contributed by atoms with Crippen LogP contribution in [-0.2, 0) is 6.54 Å². The number of amides is 2. The Balaban J connectivity index is 1.65. The van der Waals surface area contributed by atoms with Crippen LogP contribution < -0.4 is 10.6 Å². The van der Waals surface area contributed by atoms with Gasteiger partial charge in [-0.25, -0.2) is 0 Å². The summed E-state index contributed by atoms with van der Waals surface area (Å²) in [6, 6.07) is 19.6. The van der Waals surface area contributed by atoms with E-state index >= 15 is 0 Å². The third kappa shape index (κ3) is 4.77. The number of carbonyl (C=O) groups is 2. The summed E-state index contributed by atoms with van der Waals surface area (Å²) >= 11 is 0. The number of aromatic nitrogens is 1. The Morgan fingerprint density at radius 1 is 0.926 bits per heavy atom. The van der Waals surface area contributed by atoms with E-state index in [4.69, 9.17) is 5.26 Å². The summed E-state index contributed by atoms with van der Waals surface area (Å²) in [7, 11) is 0. The van der Waals surface area contributed by atoms with Gasteiger partial charge in [-0.15, -0.1) is 0 Å². The Hall–Kier alpha value is -3.98. The maximum atomic E-state index is 12.4. The quantitative estimate of drug-likeness (QED) is 0.734. The smallest absolute Gasteiger partial charge is 0.257 e. The number of nitrogens with one attached hydrogen (secondary N) is 2. The van der Waals surface area contributed by atoms with Crippen molar-refractivity contribution in [2.75, 3.05) is 5.32 Å². The average molecular weight is 356 g/mol. The number of rotatable bonds is 5. The van der Waals surface area contributed by atoms with Gasteiger partial charge in [0.05, 0.1) is 22.8 Å². The highest BCUT2D eigenvalue weighted by Gasteiger charge is 2.11. The number of carbonyl (C=O) groups excluding carboxylic acids is 2. The topological polar surface area (TPSA) is 94.9 Å². The zero-order valence-electron chi connectivity index (χ0n) is 14.3. The van der Waals surface area contributed by atoms with E-state index in [1.54, 1.807) is 24.3 Å². The summed E-state index contributed by atoms with van der Waals surface area (Å²) < 4.78 is 0. The van der Waals surface area contributed by atoms with Crippen LogP contribution in [0.2, 0.25) is 0 Å². The van der Waals surface area contributed by atoms with Crippen molar-refractivity contribution in [2.45, 2.75) is 6.54 Å². The number of pyridine rings is 1. The zero-order chi connectivity index (χ0) is 19.1. The molecule has 0 spiro atoms. The highest BCUT2D eigenvalue weighted by atomic mass is 16.2. The standard InChI is InChI=1S/C21H16N4O2/c22-11-15-6-8-19(9-7-15)25-21(27)18-10-17(13-23-14-18)20(26)24-12-16-4-2-1-3-5-16/h1-10,13-14H,12H2,(H,24,26)(H,25,27). The fourth-order valence-electron chi connectivity index (χ4n) is 2.40. The molecule has 1 heterocycles. The molecule has 0 aliphatic rings. The van der Waals surface area contributed by atoms with Crippen LogP contribution in [0.1, 0.15) is 31.8 Å². The van der Waals surface area contributed by atoms with Gasteiger partial charge in [0, 0.05) is 24.6 Å². The molecule has 0 saturated heterocycles. The van der Waals surface area contributed by atoms with Crippen LogP contribution in [0.25, 0.3) is 0 Å². The minimum atomic E-state index is -0.384. The van der Waals surface area contributed by atoms with Crippen molar-refractivity contribution in [3.63, 3.8) is 0 Å². The van der Waals surface area contributed by atoms with Crippen LogP contribution in [0.15, 0.2) is 73.1 Å². The number of hydrogen-bond donors (Lipinski definition) is 2. The first-order chi connectivity index (χ1) is 13.2. The molecule has 0 unspecified atom stereocenters. The van der Waals surface area contributed by atoms with Gasteiger partial charge < -0.3 is 10.6 Å². The molecule has 132 valence electrons. The van der Waals surface area contributed by atoms with Gasteiger partial charge in [-0.05, 0) is 35.9 Å². The number of anilines is 1. The maximum Gasteiger partial charge on any atom is 0.257 e. The highest BCUT2D eigenvalue weighted by Crippen LogP contribution is 2.11. The number of hydrogen-bond acceptors (Lipinski definition) is 4. The van der Waals surface area contributed by atoms with Crippen LogP contribution in [-0.4, -0.2) is 16.8 Å². The summed E-state index contributed by atoms with van der Waals surface area (Å²) in [5.74, 6) is -0.690. The zero-order valence-corrected chi connectivity index (χ0v) is 14.3. The van der Waals surface area contributed by atoms with Gasteiger partial charge in [-0.3, -0.25) is 14.6 Å². The summed E-state index contributed by atoms with van der Waals surface area (Å²) in [6.45, 7) is 0.390. The molecule has 0 aliphatic carbocycles. The lowest BCUT2D eigenvalue weighted by Gasteiger charge is -2.08. The fraction of sp³-hybridized carbons (Fsp3) is 0.0476. The van der Waals surface area contributed by atoms with Crippen molar-refractivity contribution in [1.82, 2.24) is 10.3 Å². The van der Waals surface area contributed by atoms with Crippen molar-refractivity contribution in [3.8, 4) is 6.07 Å². The van der Waals surface area contributed by atoms with E-state index in [-0.39, 0.29) is 17.4 Å². The van der Waals surface area contributed by atoms with E-state index in [1.165, 1.54) is 18.5 Å². The third-order valence-electron chi connectivity index (χ3n) is 3.83. The lowest BCUT2D eigenvalue weighted by molar-refractivity contribution is 0.0950. The predicted molar refractivity (Wildman–Crippen MR) is 101 cm³/mol. The van der Waals surface area contributed by atoms with Crippen molar-refractivity contribution in [3.05, 3.63) is 95.3 Å². The fourth-order valence-corrected chi connectivity index (χ4v) is 2.40. The first-order valence-electron chi connectivity index (χ1n) is 8.24. The van der Waals surface area contributed by atoms with Crippen LogP contribution >= 0.6 is 0 Å². The van der Waals surface area contributed by atoms with Crippen molar-refractivity contribution in [1.29, 1.82) is 5.26 Å². The van der Waals surface area contributed by atoms with E-state index in [9.17, 15) is 9.59 Å². The van der Waals surface area contributed by atoms with Gasteiger partial charge in [-0.2, -0.15) is 5.26 Å². The second-order valence-electron chi connectivity index (χ2n) is 5.77. The molecule has 1 aromatic heterocycles. The Morgan fingerprint density at radius 3 is 2.26 bits per heavy atom. The number of nitrogens with zero attached hydrogens (tertiary/aromatic N) is 2. The number of benzene rings is 2. The molecule has 0 atom stereocenters. The van der Waals surface area contributed by atoms with Crippen LogP contribution in [0.3, 0.4) is 0 Å². The second kappa shape index (κ2) is 8.41. The van der Waals surface area contributed by atoms with E-state index in [0.29, 0.717) is 23.4 Å². The molecule has 6 nitrogen and oxygen atoms in total. The third-order valence-corrected chi connectivity index (χ3v) is 3.83. The Bertz CT molecular complexity index is 993. The molecule has 3 rings (SSSR count). The molecule has 0 radical (unpaired) electrons. The van der Waals surface area contributed by atoms with Gasteiger partial charge in [0.2, 0.25) is 0 Å². The van der Waals surface area contributed by atoms with Crippen molar-refractivity contribution < 1.29 is 9.59 Å². The number of nitriles is 1. The molecule has 2 aromatic carbocycles. The molecule has 27 heavy (non-hydrogen) atoms. The van der Waals surface area contributed by atoms with Crippen molar-refractivity contribution in [2.24, 2.45) is 0 Å². The van der Waals surface area contributed by atoms with E-state index in [2.05, 4.69) is 15.6 Å². The second-order valence-corrected chi connectivity index (χ2v) is 5.77. The van der Waals surface area contributed by atoms with E-state index in [0.717, 1.165) is 5.56 Å². The summed E-state index contributed by atoms with van der Waals surface area (Å²) in [6.07, 6.45) is 2.81. The maximum absolute atomic E-state index is 12.4. The van der Waals surface area contributed by atoms with Crippen LogP contribution in [0, 0.1) is 11.3 Å². The predicted octanol–water partition coefficient (Wildman–Crippen LogP) is 3.14. The molecule has 0 fully saturated rings.